The molecule has 1 aliphatic heterocycles. The number of fused-ring (bicyclic) bond motifs is 1. The van der Waals surface area contributed by atoms with Gasteiger partial charge >= 0.3 is 11.9 Å². The van der Waals surface area contributed by atoms with Crippen molar-refractivity contribution in [2.24, 2.45) is 5.92 Å². The highest BCUT2D eigenvalue weighted by molar-refractivity contribution is 6.14. The molecule has 0 N–H and O–H groups in total. The van der Waals surface area contributed by atoms with Gasteiger partial charge in [0.2, 0.25) is 0 Å². The molecule has 0 aliphatic carbocycles. The number of carbonyl (C=O) groups excluding carboxylic acids is 3. The summed E-state index contributed by atoms with van der Waals surface area (Å²) < 4.78 is 10.7. The molecule has 1 atom stereocenters. The smallest absolute Gasteiger partial charge is 0.323 e. The van der Waals surface area contributed by atoms with Crippen LogP contribution in [0.2, 0.25) is 0 Å². The summed E-state index contributed by atoms with van der Waals surface area (Å²) in [6.07, 6.45) is 1.52. The Kier molecular flexibility index (Phi) is 6.22. The van der Waals surface area contributed by atoms with E-state index in [0.29, 0.717) is 16.8 Å². The van der Waals surface area contributed by atoms with Crippen molar-refractivity contribution in [2.45, 2.75) is 19.4 Å². The minimum atomic E-state index is -1.55. The topological polar surface area (TPSA) is 85.8 Å². The lowest BCUT2D eigenvalue weighted by Gasteiger charge is -2.42. The Bertz CT molecular complexity index is 1150. The van der Waals surface area contributed by atoms with Crippen LogP contribution in [0, 0.1) is 5.92 Å². The van der Waals surface area contributed by atoms with Crippen LogP contribution in [-0.4, -0.2) is 36.0 Å². The minimum Gasteiger partial charge on any atom is -0.465 e. The van der Waals surface area contributed by atoms with Crippen molar-refractivity contribution >= 4 is 23.5 Å². The molecule has 7 heteroatoms. The van der Waals surface area contributed by atoms with Crippen molar-refractivity contribution in [3.05, 3.63) is 95.8 Å². The number of amides is 1. The van der Waals surface area contributed by atoms with Gasteiger partial charge in [0.15, 0.2) is 5.92 Å². The molecule has 1 amide bonds. The SMILES string of the molecule is CCOC(=O)C(C(=O)OCC)C1(c2ccccc2)c2cccnc2C(=O)N1c1ccccc1. The molecule has 0 radical (unpaired) electrons. The van der Waals surface area contributed by atoms with Gasteiger partial charge in [-0.2, -0.15) is 0 Å². The zero-order chi connectivity index (χ0) is 23.4. The van der Waals surface area contributed by atoms with Crippen molar-refractivity contribution < 1.29 is 23.9 Å². The van der Waals surface area contributed by atoms with Gasteiger partial charge in [0, 0.05) is 17.4 Å². The molecule has 33 heavy (non-hydrogen) atoms. The van der Waals surface area contributed by atoms with Gasteiger partial charge in [-0.1, -0.05) is 54.6 Å². The Hall–Kier alpha value is -4.00. The highest BCUT2D eigenvalue weighted by atomic mass is 16.6. The predicted molar refractivity (Wildman–Crippen MR) is 121 cm³/mol. The van der Waals surface area contributed by atoms with Crippen LogP contribution in [0.15, 0.2) is 79.0 Å². The van der Waals surface area contributed by atoms with Crippen LogP contribution in [0.5, 0.6) is 0 Å². The second kappa shape index (κ2) is 9.24. The van der Waals surface area contributed by atoms with Crippen LogP contribution in [0.1, 0.15) is 35.5 Å². The molecule has 0 saturated carbocycles. The predicted octanol–water partition coefficient (Wildman–Crippen LogP) is 3.73. The molecule has 0 saturated heterocycles. The average molecular weight is 444 g/mol. The number of rotatable bonds is 7. The van der Waals surface area contributed by atoms with Gasteiger partial charge in [0.05, 0.1) is 13.2 Å². The Morgan fingerprint density at radius 2 is 1.45 bits per heavy atom. The van der Waals surface area contributed by atoms with Crippen LogP contribution in [0.4, 0.5) is 5.69 Å². The minimum absolute atomic E-state index is 0.0682. The summed E-state index contributed by atoms with van der Waals surface area (Å²) >= 11 is 0. The first kappa shape index (κ1) is 22.2. The molecule has 1 unspecified atom stereocenters. The Balaban J connectivity index is 2.13. The van der Waals surface area contributed by atoms with E-state index in [9.17, 15) is 14.4 Å². The number of anilines is 1. The van der Waals surface area contributed by atoms with Gasteiger partial charge < -0.3 is 9.47 Å². The molecule has 0 bridgehead atoms. The molecule has 1 aliphatic rings. The van der Waals surface area contributed by atoms with E-state index >= 15 is 0 Å². The molecule has 0 fully saturated rings. The summed E-state index contributed by atoms with van der Waals surface area (Å²) in [5.41, 5.74) is 0.143. The van der Waals surface area contributed by atoms with E-state index in [2.05, 4.69) is 4.98 Å². The van der Waals surface area contributed by atoms with Crippen molar-refractivity contribution in [2.75, 3.05) is 18.1 Å². The fourth-order valence-electron chi connectivity index (χ4n) is 4.48. The van der Waals surface area contributed by atoms with E-state index in [-0.39, 0.29) is 18.9 Å². The fourth-order valence-corrected chi connectivity index (χ4v) is 4.48. The molecule has 3 aromatic rings. The van der Waals surface area contributed by atoms with E-state index in [1.54, 1.807) is 74.5 Å². The number of hydrogen-bond donors (Lipinski definition) is 0. The second-order valence-electron chi connectivity index (χ2n) is 7.45. The summed E-state index contributed by atoms with van der Waals surface area (Å²) in [5.74, 6) is -3.44. The lowest BCUT2D eigenvalue weighted by Crippen LogP contribution is -2.56. The van der Waals surface area contributed by atoms with E-state index in [1.807, 2.05) is 12.1 Å². The lowest BCUT2D eigenvalue weighted by atomic mass is 9.72. The van der Waals surface area contributed by atoms with Crippen LogP contribution in [-0.2, 0) is 24.6 Å². The van der Waals surface area contributed by atoms with Crippen LogP contribution in [0.3, 0.4) is 0 Å². The highest BCUT2D eigenvalue weighted by Crippen LogP contribution is 2.51. The number of nitrogens with zero attached hydrogens (tertiary/aromatic N) is 2. The molecule has 0 spiro atoms. The second-order valence-corrected chi connectivity index (χ2v) is 7.45. The van der Waals surface area contributed by atoms with E-state index in [4.69, 9.17) is 9.47 Å². The monoisotopic (exact) mass is 444 g/mol. The number of para-hydroxylation sites is 1. The number of esters is 2. The average Bonchev–Trinajstić information content (AvgIpc) is 3.10. The molecule has 1 aromatic heterocycles. The van der Waals surface area contributed by atoms with Gasteiger partial charge in [0.25, 0.3) is 5.91 Å². The summed E-state index contributed by atoms with van der Waals surface area (Å²) in [5, 5.41) is 0. The number of ether oxygens (including phenoxy) is 2. The third-order valence-corrected chi connectivity index (χ3v) is 5.67. The molecule has 168 valence electrons. The third kappa shape index (κ3) is 3.55. The first-order chi connectivity index (χ1) is 16.1. The quantitative estimate of drug-likeness (QED) is 0.408. The normalized spacial score (nSPS) is 17.1. The first-order valence-electron chi connectivity index (χ1n) is 10.8. The van der Waals surface area contributed by atoms with Gasteiger partial charge in [-0.25, -0.2) is 0 Å². The Labute approximate surface area is 192 Å². The number of aromatic nitrogens is 1. The largest absolute Gasteiger partial charge is 0.465 e. The maximum atomic E-state index is 13.8. The maximum absolute atomic E-state index is 13.8. The molecule has 2 aromatic carbocycles. The standard InChI is InChI=1S/C26H24N2O5/c1-3-32-24(30)21(25(31)33-4-2)26(18-12-7-5-8-13-18)20-16-11-17-27-22(20)23(29)28(26)19-14-9-6-10-15-19/h5-17,21H,3-4H2,1-2H3. The molecule has 4 rings (SSSR count). The summed E-state index contributed by atoms with van der Waals surface area (Å²) in [6, 6.07) is 21.3. The van der Waals surface area contributed by atoms with Crippen molar-refractivity contribution in [3.63, 3.8) is 0 Å². The zero-order valence-corrected chi connectivity index (χ0v) is 18.4. The van der Waals surface area contributed by atoms with Gasteiger partial charge in [0.1, 0.15) is 11.2 Å². The van der Waals surface area contributed by atoms with Gasteiger partial charge in [-0.3, -0.25) is 24.3 Å². The number of pyridine rings is 1. The maximum Gasteiger partial charge on any atom is 0.323 e. The van der Waals surface area contributed by atoms with Gasteiger partial charge in [-0.05, 0) is 37.6 Å². The number of carbonyl (C=O) groups is 3. The van der Waals surface area contributed by atoms with Crippen molar-refractivity contribution in [1.82, 2.24) is 4.98 Å². The third-order valence-electron chi connectivity index (χ3n) is 5.67. The Morgan fingerprint density at radius 1 is 0.879 bits per heavy atom. The lowest BCUT2D eigenvalue weighted by molar-refractivity contribution is -0.164. The van der Waals surface area contributed by atoms with Crippen molar-refractivity contribution in [3.8, 4) is 0 Å². The fraction of sp³-hybridized carbons (Fsp3) is 0.231. The van der Waals surface area contributed by atoms with Crippen LogP contribution >= 0.6 is 0 Å². The molecular formula is C26H24N2O5. The molecule has 7 nitrogen and oxygen atoms in total. The van der Waals surface area contributed by atoms with E-state index in [1.165, 1.54) is 11.1 Å². The van der Waals surface area contributed by atoms with Crippen LogP contribution in [0.25, 0.3) is 0 Å². The molecule has 2 heterocycles. The van der Waals surface area contributed by atoms with Crippen molar-refractivity contribution in [1.29, 1.82) is 0 Å². The Morgan fingerprint density at radius 3 is 2.03 bits per heavy atom. The van der Waals surface area contributed by atoms with E-state index < -0.39 is 29.3 Å². The summed E-state index contributed by atoms with van der Waals surface area (Å²) in [4.78, 5) is 46.5. The van der Waals surface area contributed by atoms with Gasteiger partial charge in [-0.15, -0.1) is 0 Å². The first-order valence-corrected chi connectivity index (χ1v) is 10.8. The number of hydrogen-bond acceptors (Lipinski definition) is 6. The number of benzene rings is 2. The van der Waals surface area contributed by atoms with Crippen LogP contribution < -0.4 is 4.90 Å². The molecular weight excluding hydrogens is 420 g/mol. The van der Waals surface area contributed by atoms with E-state index in [0.717, 1.165) is 0 Å². The highest BCUT2D eigenvalue weighted by Gasteiger charge is 2.62. The zero-order valence-electron chi connectivity index (χ0n) is 18.4. The summed E-state index contributed by atoms with van der Waals surface area (Å²) in [6.45, 7) is 3.47. The summed E-state index contributed by atoms with van der Waals surface area (Å²) in [7, 11) is 0.